The molecule has 0 bridgehead atoms. The molecule has 3 fully saturated rings. The van der Waals surface area contributed by atoms with Gasteiger partial charge in [-0.05, 0) is 63.6 Å². The number of aliphatic hydroxyl groups is 1. The number of aryl methyl sites for hydroxylation is 1. The summed E-state index contributed by atoms with van der Waals surface area (Å²) in [5.74, 6) is 1.28. The molecule has 2 heterocycles. The summed E-state index contributed by atoms with van der Waals surface area (Å²) in [7, 11) is 0. The fourth-order valence-electron chi connectivity index (χ4n) is 5.90. The Morgan fingerprint density at radius 2 is 2.08 bits per heavy atom. The van der Waals surface area contributed by atoms with E-state index in [1.807, 2.05) is 13.0 Å². The molecule has 1 spiro atoms. The summed E-state index contributed by atoms with van der Waals surface area (Å²) in [6, 6.07) is 3.45. The van der Waals surface area contributed by atoms with Gasteiger partial charge in [0.1, 0.15) is 0 Å². The molecule has 5 nitrogen and oxygen atoms in total. The van der Waals surface area contributed by atoms with Crippen molar-refractivity contribution in [2.75, 3.05) is 13.1 Å². The van der Waals surface area contributed by atoms with Gasteiger partial charge in [0.15, 0.2) is 23.4 Å². The number of aromatic hydroxyl groups is 1. The lowest BCUT2D eigenvalue weighted by atomic mass is 9.52. The van der Waals surface area contributed by atoms with Gasteiger partial charge in [-0.15, -0.1) is 0 Å². The predicted octanol–water partition coefficient (Wildman–Crippen LogP) is 2.30. The van der Waals surface area contributed by atoms with Gasteiger partial charge in [-0.3, -0.25) is 9.69 Å². The molecule has 2 aliphatic heterocycles. The van der Waals surface area contributed by atoms with Crippen LogP contribution in [0.5, 0.6) is 11.5 Å². The predicted molar refractivity (Wildman–Crippen MR) is 96.5 cm³/mol. The normalized spacial score (nSPS) is 39.1. The number of hydrogen-bond acceptors (Lipinski definition) is 5. The number of Topliss-reactive ketones (excluding diaryl/α,β-unsaturated/α-hetero) is 1. The summed E-state index contributed by atoms with van der Waals surface area (Å²) in [5, 5.41) is 22.4. The zero-order chi connectivity index (χ0) is 18.3. The maximum absolute atomic E-state index is 12.8. The molecule has 140 valence electrons. The molecule has 0 radical (unpaired) electrons. The Balaban J connectivity index is 1.67. The van der Waals surface area contributed by atoms with E-state index in [1.54, 1.807) is 6.07 Å². The fourth-order valence-corrected chi connectivity index (χ4v) is 5.90. The number of rotatable bonds is 2. The number of ether oxygens (including phenoxy) is 1. The molecule has 5 rings (SSSR count). The highest BCUT2D eigenvalue weighted by Crippen LogP contribution is 2.62. The van der Waals surface area contributed by atoms with E-state index in [0.717, 1.165) is 30.1 Å². The summed E-state index contributed by atoms with van der Waals surface area (Å²) in [5.41, 5.74) is 0.0647. The number of fused-ring (bicyclic) bond motifs is 1. The van der Waals surface area contributed by atoms with Crippen molar-refractivity contribution in [1.29, 1.82) is 0 Å². The molecular weight excluding hydrogens is 330 g/mol. The van der Waals surface area contributed by atoms with Gasteiger partial charge < -0.3 is 14.9 Å². The summed E-state index contributed by atoms with van der Waals surface area (Å²) in [6.07, 6.45) is 3.36. The minimum atomic E-state index is -1.03. The van der Waals surface area contributed by atoms with Gasteiger partial charge in [-0.2, -0.15) is 0 Å². The smallest absolute Gasteiger partial charge is 0.174 e. The lowest BCUT2D eigenvalue weighted by molar-refractivity contribution is -0.181. The highest BCUT2D eigenvalue weighted by molar-refractivity contribution is 5.89. The summed E-state index contributed by atoms with van der Waals surface area (Å²) in [6.45, 7) is 5.97. The van der Waals surface area contributed by atoms with Gasteiger partial charge in [0.25, 0.3) is 0 Å². The van der Waals surface area contributed by atoms with E-state index in [-0.39, 0.29) is 17.6 Å². The number of hydrogen-bond donors (Lipinski definition) is 2. The maximum Gasteiger partial charge on any atom is 0.174 e. The Bertz CT molecular complexity index is 788. The first-order chi connectivity index (χ1) is 12.4. The minimum Gasteiger partial charge on any atom is -0.504 e. The molecule has 0 aromatic heterocycles. The molecule has 4 atom stereocenters. The first-order valence-electron chi connectivity index (χ1n) is 9.87. The van der Waals surface area contributed by atoms with E-state index in [4.69, 9.17) is 4.74 Å². The van der Waals surface area contributed by atoms with Gasteiger partial charge in [0.05, 0.1) is 11.0 Å². The Morgan fingerprint density at radius 1 is 1.31 bits per heavy atom. The first kappa shape index (κ1) is 16.6. The molecular formula is C21H27NO4. The number of benzene rings is 1. The minimum absolute atomic E-state index is 0.0382. The van der Waals surface area contributed by atoms with Crippen LogP contribution in [0.15, 0.2) is 12.1 Å². The second-order valence-corrected chi connectivity index (χ2v) is 8.83. The van der Waals surface area contributed by atoms with Gasteiger partial charge in [0, 0.05) is 24.6 Å². The first-order valence-corrected chi connectivity index (χ1v) is 9.87. The molecule has 26 heavy (non-hydrogen) atoms. The van der Waals surface area contributed by atoms with Crippen molar-refractivity contribution in [3.63, 3.8) is 0 Å². The van der Waals surface area contributed by atoms with Crippen LogP contribution in [0.3, 0.4) is 0 Å². The quantitative estimate of drug-likeness (QED) is 0.850. The lowest BCUT2D eigenvalue weighted by Crippen LogP contribution is -2.74. The average molecular weight is 357 g/mol. The van der Waals surface area contributed by atoms with Gasteiger partial charge in [-0.25, -0.2) is 0 Å². The number of carbonyl (C=O) groups excluding carboxylic acids is 1. The van der Waals surface area contributed by atoms with Crippen molar-refractivity contribution in [3.8, 4) is 11.5 Å². The number of ketones is 1. The molecule has 0 amide bonds. The largest absolute Gasteiger partial charge is 0.504 e. The number of likely N-dealkylation sites (tertiary alicyclic amines) is 1. The Labute approximate surface area is 154 Å². The van der Waals surface area contributed by atoms with Crippen molar-refractivity contribution in [1.82, 2.24) is 4.90 Å². The van der Waals surface area contributed by atoms with E-state index >= 15 is 0 Å². The Hall–Kier alpha value is -1.59. The molecule has 2 N–H and O–H groups in total. The average Bonchev–Trinajstić information content (AvgIpc) is 3.35. The number of carbonyl (C=O) groups is 1. The van der Waals surface area contributed by atoms with E-state index in [0.29, 0.717) is 25.0 Å². The van der Waals surface area contributed by atoms with Gasteiger partial charge in [-0.1, -0.05) is 6.07 Å². The molecule has 1 aromatic carbocycles. The van der Waals surface area contributed by atoms with Crippen LogP contribution in [-0.2, 0) is 10.2 Å². The monoisotopic (exact) mass is 357 g/mol. The molecule has 5 heteroatoms. The molecule has 1 aromatic rings. The van der Waals surface area contributed by atoms with Crippen LogP contribution < -0.4 is 4.74 Å². The van der Waals surface area contributed by atoms with Crippen LogP contribution >= 0.6 is 0 Å². The van der Waals surface area contributed by atoms with E-state index in [1.165, 1.54) is 12.8 Å². The van der Waals surface area contributed by atoms with E-state index in [9.17, 15) is 15.0 Å². The fraction of sp³-hybridized carbons (Fsp3) is 0.667. The summed E-state index contributed by atoms with van der Waals surface area (Å²) >= 11 is 0. The molecule has 1 saturated heterocycles. The highest BCUT2D eigenvalue weighted by Gasteiger charge is 2.70. The lowest BCUT2D eigenvalue weighted by Gasteiger charge is -2.59. The standard InChI is InChI=1S/C21H27NO4/c1-12-3-6-15(23)18-17(12)20-9-10-22(11-14-4-5-14)13(2)21(20,25)8-7-16(24)19(20)26-18/h3,6,13-14,19,23,25H,4-5,7-11H2,1-2H3. The maximum atomic E-state index is 12.8. The molecule has 4 unspecified atom stereocenters. The van der Waals surface area contributed by atoms with Gasteiger partial charge in [0.2, 0.25) is 0 Å². The van der Waals surface area contributed by atoms with Crippen molar-refractivity contribution in [2.24, 2.45) is 5.92 Å². The van der Waals surface area contributed by atoms with Crippen molar-refractivity contribution in [3.05, 3.63) is 23.3 Å². The Kier molecular flexibility index (Phi) is 3.33. The topological polar surface area (TPSA) is 70.0 Å². The number of phenols is 1. The zero-order valence-electron chi connectivity index (χ0n) is 15.5. The van der Waals surface area contributed by atoms with Crippen molar-refractivity contribution < 1.29 is 19.7 Å². The third kappa shape index (κ3) is 1.91. The van der Waals surface area contributed by atoms with E-state index < -0.39 is 17.1 Å². The molecule has 2 saturated carbocycles. The molecule has 2 aliphatic carbocycles. The molecule has 4 aliphatic rings. The second-order valence-electron chi connectivity index (χ2n) is 8.83. The van der Waals surface area contributed by atoms with Crippen LogP contribution in [-0.4, -0.2) is 51.7 Å². The number of phenolic OH excluding ortho intramolecular Hbond substituents is 1. The van der Waals surface area contributed by atoms with Crippen molar-refractivity contribution >= 4 is 5.78 Å². The number of nitrogens with zero attached hydrogens (tertiary/aromatic N) is 1. The number of piperidine rings is 1. The van der Waals surface area contributed by atoms with Crippen LogP contribution in [0.2, 0.25) is 0 Å². The van der Waals surface area contributed by atoms with Crippen molar-refractivity contribution in [2.45, 2.75) is 69.1 Å². The van der Waals surface area contributed by atoms with Crippen LogP contribution in [0, 0.1) is 12.8 Å². The van der Waals surface area contributed by atoms with Gasteiger partial charge >= 0.3 is 0 Å². The Morgan fingerprint density at radius 3 is 2.81 bits per heavy atom. The highest BCUT2D eigenvalue weighted by atomic mass is 16.5. The van der Waals surface area contributed by atoms with Crippen LogP contribution in [0.25, 0.3) is 0 Å². The van der Waals surface area contributed by atoms with Crippen LogP contribution in [0.4, 0.5) is 0 Å². The SMILES string of the molecule is Cc1ccc(O)c2c1C13CCN(CC4CC4)C(C)C1(O)CCC(=O)C3O2. The van der Waals surface area contributed by atoms with E-state index in [2.05, 4.69) is 11.8 Å². The summed E-state index contributed by atoms with van der Waals surface area (Å²) in [4.78, 5) is 15.2. The zero-order valence-corrected chi connectivity index (χ0v) is 15.5. The third-order valence-corrected chi connectivity index (χ3v) is 7.51. The third-order valence-electron chi connectivity index (χ3n) is 7.51. The summed E-state index contributed by atoms with van der Waals surface area (Å²) < 4.78 is 6.06. The second kappa shape index (κ2) is 5.23. The van der Waals surface area contributed by atoms with Crippen LogP contribution in [0.1, 0.15) is 50.2 Å².